The number of rotatable bonds is 5. The van der Waals surface area contributed by atoms with E-state index in [4.69, 9.17) is 0 Å². The summed E-state index contributed by atoms with van der Waals surface area (Å²) in [6.07, 6.45) is 2.22. The first-order chi connectivity index (χ1) is 9.12. The topological polar surface area (TPSA) is 52.6 Å². The summed E-state index contributed by atoms with van der Waals surface area (Å²) in [6.45, 7) is 2.38. The lowest BCUT2D eigenvalue weighted by Gasteiger charge is -2.38. The van der Waals surface area contributed by atoms with E-state index in [1.807, 2.05) is 25.2 Å². The van der Waals surface area contributed by atoms with Crippen molar-refractivity contribution in [3.63, 3.8) is 0 Å². The predicted molar refractivity (Wildman–Crippen MR) is 75.2 cm³/mol. The fourth-order valence-corrected chi connectivity index (χ4v) is 2.56. The second-order valence-electron chi connectivity index (χ2n) is 5.35. The summed E-state index contributed by atoms with van der Waals surface area (Å²) < 4.78 is 0. The van der Waals surface area contributed by atoms with Gasteiger partial charge in [0.05, 0.1) is 0 Å². The van der Waals surface area contributed by atoms with E-state index in [9.17, 15) is 9.90 Å². The van der Waals surface area contributed by atoms with Crippen LogP contribution in [0.15, 0.2) is 30.3 Å². The number of carbonyl (C=O) groups is 1. The molecular weight excluding hydrogens is 240 g/mol. The van der Waals surface area contributed by atoms with Crippen molar-refractivity contribution in [1.29, 1.82) is 0 Å². The second kappa shape index (κ2) is 6.17. The van der Waals surface area contributed by atoms with Crippen LogP contribution in [0, 0.1) is 0 Å². The molecule has 1 aromatic carbocycles. The monoisotopic (exact) mass is 262 g/mol. The number of hydrogen-bond donors (Lipinski definition) is 2. The van der Waals surface area contributed by atoms with Gasteiger partial charge in [-0.15, -0.1) is 0 Å². The molecule has 1 aromatic rings. The smallest absolute Gasteiger partial charge is 0.323 e. The molecule has 2 rings (SSSR count). The molecule has 4 nitrogen and oxygen atoms in total. The molecule has 1 fully saturated rings. The summed E-state index contributed by atoms with van der Waals surface area (Å²) in [5.41, 5.74) is 0.504. The Morgan fingerprint density at radius 2 is 1.95 bits per heavy atom. The predicted octanol–water partition coefficient (Wildman–Crippen LogP) is 1.37. The molecule has 0 aliphatic carbocycles. The number of nitrogens with zero attached hydrogens (tertiary/aromatic N) is 1. The highest BCUT2D eigenvalue weighted by Gasteiger charge is 2.40. The quantitative estimate of drug-likeness (QED) is 0.841. The lowest BCUT2D eigenvalue weighted by Crippen LogP contribution is -2.58. The molecule has 19 heavy (non-hydrogen) atoms. The van der Waals surface area contributed by atoms with Gasteiger partial charge in [0.1, 0.15) is 5.54 Å². The van der Waals surface area contributed by atoms with Gasteiger partial charge in [-0.2, -0.15) is 0 Å². The van der Waals surface area contributed by atoms with Crippen LogP contribution in [0.5, 0.6) is 0 Å². The van der Waals surface area contributed by atoms with Gasteiger partial charge < -0.3 is 15.3 Å². The van der Waals surface area contributed by atoms with Gasteiger partial charge in [0.2, 0.25) is 0 Å². The van der Waals surface area contributed by atoms with E-state index in [-0.39, 0.29) is 0 Å². The van der Waals surface area contributed by atoms with E-state index in [0.717, 1.165) is 19.5 Å². The summed E-state index contributed by atoms with van der Waals surface area (Å²) in [4.78, 5) is 13.7. The van der Waals surface area contributed by atoms with E-state index < -0.39 is 11.5 Å². The van der Waals surface area contributed by atoms with E-state index in [1.165, 1.54) is 5.56 Å². The van der Waals surface area contributed by atoms with Crippen LogP contribution < -0.4 is 5.32 Å². The number of carboxylic acids is 1. The number of likely N-dealkylation sites (tertiary alicyclic amines) is 1. The maximum absolute atomic E-state index is 11.5. The van der Waals surface area contributed by atoms with Crippen molar-refractivity contribution in [2.45, 2.75) is 24.8 Å². The van der Waals surface area contributed by atoms with Crippen LogP contribution in [0.4, 0.5) is 0 Å². The maximum Gasteiger partial charge on any atom is 0.323 e. The molecule has 4 heteroatoms. The molecule has 104 valence electrons. The maximum atomic E-state index is 11.5. The lowest BCUT2D eigenvalue weighted by molar-refractivity contribution is -0.147. The minimum atomic E-state index is -0.735. The zero-order chi connectivity index (χ0) is 13.7. The molecule has 0 bridgehead atoms. The Kier molecular flexibility index (Phi) is 4.56. The van der Waals surface area contributed by atoms with Crippen LogP contribution in [0.3, 0.4) is 0 Å². The molecule has 1 aliphatic rings. The van der Waals surface area contributed by atoms with Crippen molar-refractivity contribution >= 4 is 5.97 Å². The number of benzene rings is 1. The Hall–Kier alpha value is -1.39. The zero-order valence-corrected chi connectivity index (χ0v) is 11.4. The third-order valence-corrected chi connectivity index (χ3v) is 3.97. The molecule has 1 heterocycles. The first-order valence-electron chi connectivity index (χ1n) is 6.83. The van der Waals surface area contributed by atoms with Crippen molar-refractivity contribution in [2.24, 2.45) is 0 Å². The van der Waals surface area contributed by atoms with Crippen LogP contribution in [-0.4, -0.2) is 48.2 Å². The van der Waals surface area contributed by atoms with E-state index in [2.05, 4.69) is 22.3 Å². The highest BCUT2D eigenvalue weighted by molar-refractivity contribution is 5.79. The summed E-state index contributed by atoms with van der Waals surface area (Å²) in [5.74, 6) is -0.714. The van der Waals surface area contributed by atoms with E-state index in [1.54, 1.807) is 0 Å². The molecule has 0 unspecified atom stereocenters. The Labute approximate surface area is 114 Å². The molecule has 2 N–H and O–H groups in total. The summed E-state index contributed by atoms with van der Waals surface area (Å²) in [6, 6.07) is 10.2. The third-order valence-electron chi connectivity index (χ3n) is 3.97. The highest BCUT2D eigenvalue weighted by Crippen LogP contribution is 2.22. The van der Waals surface area contributed by atoms with Crippen molar-refractivity contribution in [3.8, 4) is 0 Å². The lowest BCUT2D eigenvalue weighted by atomic mass is 9.87. The number of piperidine rings is 1. The second-order valence-corrected chi connectivity index (χ2v) is 5.35. The minimum Gasteiger partial charge on any atom is -0.480 e. The van der Waals surface area contributed by atoms with E-state index >= 15 is 0 Å². The van der Waals surface area contributed by atoms with Crippen molar-refractivity contribution in [1.82, 2.24) is 10.2 Å². The first-order valence-corrected chi connectivity index (χ1v) is 6.83. The zero-order valence-electron chi connectivity index (χ0n) is 11.4. The molecular formula is C15H22N2O2. The number of hydrogen-bond acceptors (Lipinski definition) is 3. The average molecular weight is 262 g/mol. The average Bonchev–Trinajstić information content (AvgIpc) is 2.42. The van der Waals surface area contributed by atoms with E-state index in [0.29, 0.717) is 19.4 Å². The molecule has 1 saturated heterocycles. The SMILES string of the molecule is CN1CCC(NCCc2ccccc2)(C(=O)O)CC1. The van der Waals surface area contributed by atoms with Gasteiger partial charge in [0.15, 0.2) is 0 Å². The fourth-order valence-electron chi connectivity index (χ4n) is 2.56. The minimum absolute atomic E-state index is 0.674. The van der Waals surface area contributed by atoms with Crippen LogP contribution in [0.25, 0.3) is 0 Å². The fraction of sp³-hybridized carbons (Fsp3) is 0.533. The number of nitrogens with one attached hydrogen (secondary N) is 1. The highest BCUT2D eigenvalue weighted by atomic mass is 16.4. The van der Waals surface area contributed by atoms with Crippen molar-refractivity contribution < 1.29 is 9.90 Å². The summed E-state index contributed by atoms with van der Waals surface area (Å²) >= 11 is 0. The molecule has 0 amide bonds. The van der Waals surface area contributed by atoms with Crippen LogP contribution in [-0.2, 0) is 11.2 Å². The molecule has 0 atom stereocenters. The summed E-state index contributed by atoms with van der Waals surface area (Å²) in [7, 11) is 2.04. The number of aliphatic carboxylic acids is 1. The number of carboxylic acid groups (broad SMARTS) is 1. The van der Waals surface area contributed by atoms with Gasteiger partial charge in [-0.25, -0.2) is 0 Å². The van der Waals surface area contributed by atoms with Gasteiger partial charge in [-0.05, 0) is 31.9 Å². The van der Waals surface area contributed by atoms with Gasteiger partial charge in [0.25, 0.3) is 0 Å². The normalized spacial score (nSPS) is 19.2. The third kappa shape index (κ3) is 3.55. The Bertz CT molecular complexity index is 411. The van der Waals surface area contributed by atoms with Crippen molar-refractivity contribution in [3.05, 3.63) is 35.9 Å². The van der Waals surface area contributed by atoms with Gasteiger partial charge in [0, 0.05) is 19.6 Å². The Morgan fingerprint density at radius 3 is 2.53 bits per heavy atom. The summed E-state index contributed by atoms with van der Waals surface area (Å²) in [5, 5.41) is 12.8. The molecule has 0 radical (unpaired) electrons. The van der Waals surface area contributed by atoms with Crippen LogP contribution >= 0.6 is 0 Å². The van der Waals surface area contributed by atoms with Crippen LogP contribution in [0.2, 0.25) is 0 Å². The Morgan fingerprint density at radius 1 is 1.32 bits per heavy atom. The first kappa shape index (κ1) is 14.0. The van der Waals surface area contributed by atoms with Crippen molar-refractivity contribution in [2.75, 3.05) is 26.7 Å². The molecule has 0 aromatic heterocycles. The molecule has 0 saturated carbocycles. The van der Waals surface area contributed by atoms with Gasteiger partial charge >= 0.3 is 5.97 Å². The van der Waals surface area contributed by atoms with Gasteiger partial charge in [-0.3, -0.25) is 4.79 Å². The van der Waals surface area contributed by atoms with Crippen LogP contribution in [0.1, 0.15) is 18.4 Å². The standard InChI is InChI=1S/C15H22N2O2/c1-17-11-8-15(9-12-17,14(18)19)16-10-7-13-5-3-2-4-6-13/h2-6,16H,7-12H2,1H3,(H,18,19). The van der Waals surface area contributed by atoms with Gasteiger partial charge in [-0.1, -0.05) is 30.3 Å². The Balaban J connectivity index is 1.89. The molecule has 0 spiro atoms. The largest absolute Gasteiger partial charge is 0.480 e. The molecule has 1 aliphatic heterocycles.